The first-order valence-corrected chi connectivity index (χ1v) is 11.0. The summed E-state index contributed by atoms with van der Waals surface area (Å²) in [5.41, 5.74) is 2.73. The Hall–Kier alpha value is -2.80. The molecule has 2 aliphatic rings. The first-order chi connectivity index (χ1) is 14.8. The van der Waals surface area contributed by atoms with Crippen LogP contribution < -0.4 is 4.90 Å². The molecule has 2 aliphatic heterocycles. The van der Waals surface area contributed by atoms with Crippen LogP contribution in [0.2, 0.25) is 0 Å². The zero-order chi connectivity index (χ0) is 20.3. The van der Waals surface area contributed by atoms with E-state index < -0.39 is 0 Å². The van der Waals surface area contributed by atoms with E-state index in [4.69, 9.17) is 4.52 Å². The molecule has 0 atom stereocenters. The number of nitrogens with zero attached hydrogens (tertiary/aromatic N) is 6. The van der Waals surface area contributed by atoms with Crippen molar-refractivity contribution in [3.8, 4) is 23.0 Å². The Bertz CT molecular complexity index is 954. The molecule has 0 spiro atoms. The van der Waals surface area contributed by atoms with Crippen LogP contribution in [-0.2, 0) is 0 Å². The summed E-state index contributed by atoms with van der Waals surface area (Å²) in [5, 5.41) is 12.9. The Balaban J connectivity index is 1.22. The number of aromatic nitrogens is 4. The molecule has 30 heavy (non-hydrogen) atoms. The summed E-state index contributed by atoms with van der Waals surface area (Å²) in [7, 11) is 0. The lowest BCUT2D eigenvalue weighted by Gasteiger charge is -2.40. The molecule has 5 rings (SSSR count). The van der Waals surface area contributed by atoms with Crippen molar-refractivity contribution in [1.82, 2.24) is 25.2 Å². The van der Waals surface area contributed by atoms with Gasteiger partial charge in [-0.25, -0.2) is 0 Å². The van der Waals surface area contributed by atoms with Crippen molar-refractivity contribution >= 4 is 5.82 Å². The topological polar surface area (TPSA) is 71.2 Å². The summed E-state index contributed by atoms with van der Waals surface area (Å²) in [4.78, 5) is 9.51. The Morgan fingerprint density at radius 2 is 1.63 bits per heavy atom. The van der Waals surface area contributed by atoms with Crippen LogP contribution >= 0.6 is 0 Å². The Kier molecular flexibility index (Phi) is 5.45. The van der Waals surface area contributed by atoms with Gasteiger partial charge in [0.2, 0.25) is 5.82 Å². The second-order valence-corrected chi connectivity index (χ2v) is 8.38. The predicted octanol–water partition coefficient (Wildman–Crippen LogP) is 3.96. The number of hydrogen-bond donors (Lipinski definition) is 0. The average Bonchev–Trinajstić information content (AvgIpc) is 3.31. The number of aryl methyl sites for hydroxylation is 1. The van der Waals surface area contributed by atoms with E-state index >= 15 is 0 Å². The Morgan fingerprint density at radius 1 is 0.867 bits per heavy atom. The summed E-state index contributed by atoms with van der Waals surface area (Å²) < 4.78 is 5.42. The molecule has 0 N–H and O–H groups in total. The molecule has 156 valence electrons. The minimum absolute atomic E-state index is 0.397. The fraction of sp³-hybridized carbons (Fsp3) is 0.478. The van der Waals surface area contributed by atoms with Gasteiger partial charge in [0.1, 0.15) is 0 Å². The van der Waals surface area contributed by atoms with Crippen molar-refractivity contribution in [3.05, 3.63) is 42.0 Å². The zero-order valence-corrected chi connectivity index (χ0v) is 17.5. The molecule has 7 heteroatoms. The first-order valence-electron chi connectivity index (χ1n) is 11.0. The van der Waals surface area contributed by atoms with E-state index in [0.717, 1.165) is 30.5 Å². The molecular formula is C23H28N6O. The minimum atomic E-state index is 0.397. The summed E-state index contributed by atoms with van der Waals surface area (Å²) >= 11 is 0. The lowest BCUT2D eigenvalue weighted by Crippen LogP contribution is -2.47. The maximum atomic E-state index is 5.42. The van der Waals surface area contributed by atoms with Crippen molar-refractivity contribution in [1.29, 1.82) is 0 Å². The zero-order valence-electron chi connectivity index (χ0n) is 17.5. The fourth-order valence-electron chi connectivity index (χ4n) is 4.50. The normalized spacial score (nSPS) is 18.6. The molecule has 4 heterocycles. The Morgan fingerprint density at radius 3 is 2.33 bits per heavy atom. The molecule has 0 unspecified atom stereocenters. The largest absolute Gasteiger partial charge is 0.355 e. The SMILES string of the molecule is Cc1ccc(-c2noc(-c3ccc(N4CCC(N5CCCCC5)CC4)nn3)n2)cc1. The smallest absolute Gasteiger partial charge is 0.278 e. The van der Waals surface area contributed by atoms with Gasteiger partial charge in [-0.3, -0.25) is 0 Å². The fourth-order valence-corrected chi connectivity index (χ4v) is 4.50. The van der Waals surface area contributed by atoms with E-state index in [1.165, 1.54) is 50.8 Å². The van der Waals surface area contributed by atoms with Gasteiger partial charge in [-0.15, -0.1) is 10.2 Å². The highest BCUT2D eigenvalue weighted by Crippen LogP contribution is 2.25. The number of likely N-dealkylation sites (tertiary alicyclic amines) is 1. The van der Waals surface area contributed by atoms with Crippen LogP contribution in [0.25, 0.3) is 23.0 Å². The van der Waals surface area contributed by atoms with Crippen LogP contribution in [0.1, 0.15) is 37.7 Å². The Labute approximate surface area is 177 Å². The lowest BCUT2D eigenvalue weighted by molar-refractivity contribution is 0.141. The van der Waals surface area contributed by atoms with Crippen molar-refractivity contribution in [2.75, 3.05) is 31.1 Å². The van der Waals surface area contributed by atoms with Gasteiger partial charge >= 0.3 is 0 Å². The van der Waals surface area contributed by atoms with Crippen molar-refractivity contribution in [2.24, 2.45) is 0 Å². The van der Waals surface area contributed by atoms with Gasteiger partial charge in [-0.2, -0.15) is 4.98 Å². The third-order valence-electron chi connectivity index (χ3n) is 6.30. The maximum absolute atomic E-state index is 5.42. The highest BCUT2D eigenvalue weighted by atomic mass is 16.5. The molecule has 0 radical (unpaired) electrons. The summed E-state index contributed by atoms with van der Waals surface area (Å²) in [6.45, 7) is 6.67. The van der Waals surface area contributed by atoms with E-state index in [-0.39, 0.29) is 0 Å². The van der Waals surface area contributed by atoms with Gasteiger partial charge in [0.15, 0.2) is 11.5 Å². The molecule has 2 aromatic heterocycles. The van der Waals surface area contributed by atoms with Gasteiger partial charge in [0.05, 0.1) is 0 Å². The third kappa shape index (κ3) is 4.07. The number of hydrogen-bond acceptors (Lipinski definition) is 7. The molecule has 0 bridgehead atoms. The maximum Gasteiger partial charge on any atom is 0.278 e. The van der Waals surface area contributed by atoms with Gasteiger partial charge in [-0.1, -0.05) is 41.4 Å². The van der Waals surface area contributed by atoms with Crippen LogP contribution in [0, 0.1) is 6.92 Å². The van der Waals surface area contributed by atoms with Crippen LogP contribution in [0.4, 0.5) is 5.82 Å². The van der Waals surface area contributed by atoms with Crippen molar-refractivity contribution in [3.63, 3.8) is 0 Å². The van der Waals surface area contributed by atoms with E-state index in [0.29, 0.717) is 17.4 Å². The number of anilines is 1. The molecule has 0 aliphatic carbocycles. The van der Waals surface area contributed by atoms with E-state index in [2.05, 4.69) is 37.1 Å². The highest BCUT2D eigenvalue weighted by molar-refractivity contribution is 5.58. The van der Waals surface area contributed by atoms with E-state index in [1.807, 2.05) is 36.4 Å². The van der Waals surface area contributed by atoms with E-state index in [1.54, 1.807) is 0 Å². The summed E-state index contributed by atoms with van der Waals surface area (Å²) in [6, 6.07) is 12.7. The molecule has 7 nitrogen and oxygen atoms in total. The number of rotatable bonds is 4. The van der Waals surface area contributed by atoms with Crippen LogP contribution in [0.3, 0.4) is 0 Å². The second-order valence-electron chi connectivity index (χ2n) is 8.38. The van der Waals surface area contributed by atoms with Gasteiger partial charge in [0, 0.05) is 24.7 Å². The summed E-state index contributed by atoms with van der Waals surface area (Å²) in [5.74, 6) is 1.89. The quantitative estimate of drug-likeness (QED) is 0.652. The predicted molar refractivity (Wildman–Crippen MR) is 116 cm³/mol. The van der Waals surface area contributed by atoms with Crippen molar-refractivity contribution < 1.29 is 4.52 Å². The first kappa shape index (κ1) is 19.2. The molecule has 2 saturated heterocycles. The summed E-state index contributed by atoms with van der Waals surface area (Å²) in [6.07, 6.45) is 6.51. The highest BCUT2D eigenvalue weighted by Gasteiger charge is 2.26. The van der Waals surface area contributed by atoms with Gasteiger partial charge in [-0.05, 0) is 57.8 Å². The minimum Gasteiger partial charge on any atom is -0.355 e. The molecule has 2 fully saturated rings. The van der Waals surface area contributed by atoms with Crippen LogP contribution in [0.5, 0.6) is 0 Å². The van der Waals surface area contributed by atoms with Gasteiger partial charge < -0.3 is 14.3 Å². The third-order valence-corrected chi connectivity index (χ3v) is 6.30. The molecular weight excluding hydrogens is 376 g/mol. The molecule has 3 aromatic rings. The van der Waals surface area contributed by atoms with Crippen molar-refractivity contribution in [2.45, 2.75) is 45.1 Å². The molecule has 0 amide bonds. The van der Waals surface area contributed by atoms with Crippen LogP contribution in [-0.4, -0.2) is 57.5 Å². The monoisotopic (exact) mass is 404 g/mol. The lowest BCUT2D eigenvalue weighted by atomic mass is 10.00. The average molecular weight is 405 g/mol. The van der Waals surface area contributed by atoms with Gasteiger partial charge in [0.25, 0.3) is 5.89 Å². The molecule has 1 aromatic carbocycles. The van der Waals surface area contributed by atoms with E-state index in [9.17, 15) is 0 Å². The van der Waals surface area contributed by atoms with Crippen LogP contribution in [0.15, 0.2) is 40.9 Å². The molecule has 0 saturated carbocycles. The second kappa shape index (κ2) is 8.52. The number of piperidine rings is 2. The standard InChI is InChI=1S/C23H28N6O/c1-17-5-7-18(8-6-17)22-24-23(30-27-22)20-9-10-21(26-25-20)29-15-11-19(12-16-29)28-13-3-2-4-14-28/h5-10,19H,2-4,11-16H2,1H3. The number of benzene rings is 1.